The summed E-state index contributed by atoms with van der Waals surface area (Å²) in [6.07, 6.45) is 3.02. The van der Waals surface area contributed by atoms with Crippen molar-refractivity contribution in [2.75, 3.05) is 27.0 Å². The summed E-state index contributed by atoms with van der Waals surface area (Å²) in [4.78, 5) is 0. The Kier molecular flexibility index (Phi) is 13.5. The van der Waals surface area contributed by atoms with Crippen LogP contribution >= 0.6 is 0 Å². The van der Waals surface area contributed by atoms with Crippen molar-refractivity contribution in [3.8, 4) is 5.75 Å². The highest BCUT2D eigenvalue weighted by Gasteiger charge is 2.41. The zero-order valence-electron chi connectivity index (χ0n) is 23.9. The molecule has 2 nitrogen and oxygen atoms in total. The van der Waals surface area contributed by atoms with Gasteiger partial charge in [0.1, 0.15) is 24.0 Å². The molecule has 218 valence electrons. The molecule has 0 aromatic heterocycles. The Labute approximate surface area is 230 Å². The number of hydrogen-bond acceptors (Lipinski definition) is 2. The molecule has 0 fully saturated rings. The van der Waals surface area contributed by atoms with Gasteiger partial charge < -0.3 is 9.47 Å². The molecule has 2 atom stereocenters. The number of ether oxygens (including phenoxy) is 2. The van der Waals surface area contributed by atoms with Gasteiger partial charge in [0.15, 0.2) is 0 Å². The van der Waals surface area contributed by atoms with Gasteiger partial charge in [-0.15, -0.1) is 0 Å². The van der Waals surface area contributed by atoms with Crippen LogP contribution in [0.5, 0.6) is 5.75 Å². The van der Waals surface area contributed by atoms with Gasteiger partial charge in [0.25, 0.3) is 5.92 Å². The Morgan fingerprint density at radius 1 is 0.949 bits per heavy atom. The molecule has 0 saturated heterocycles. The highest BCUT2D eigenvalue weighted by molar-refractivity contribution is 5.73. The minimum Gasteiger partial charge on any atom is -0.493 e. The predicted molar refractivity (Wildman–Crippen MR) is 148 cm³/mol. The number of benzene rings is 2. The molecule has 0 heterocycles. The van der Waals surface area contributed by atoms with E-state index in [9.17, 15) is 13.2 Å². The van der Waals surface area contributed by atoms with E-state index in [4.69, 9.17) is 9.47 Å². The van der Waals surface area contributed by atoms with Gasteiger partial charge in [0, 0.05) is 37.1 Å². The molecular weight excluding hydrogens is 511 g/mol. The molecule has 0 saturated carbocycles. The average Bonchev–Trinajstić information content (AvgIpc) is 2.89. The summed E-state index contributed by atoms with van der Waals surface area (Å²) in [5, 5.41) is 0. The molecule has 7 heteroatoms. The van der Waals surface area contributed by atoms with E-state index in [-0.39, 0.29) is 24.6 Å². The normalized spacial score (nSPS) is 17.6. The fraction of sp³-hybridized carbons (Fsp3) is 0.562. The largest absolute Gasteiger partial charge is 0.493 e. The van der Waals surface area contributed by atoms with Gasteiger partial charge in [-0.25, -0.2) is 17.6 Å². The summed E-state index contributed by atoms with van der Waals surface area (Å²) in [5.41, 5.74) is 3.45. The average molecular weight is 555 g/mol. The Morgan fingerprint density at radius 2 is 1.59 bits per heavy atom. The van der Waals surface area contributed by atoms with E-state index in [0.29, 0.717) is 31.3 Å². The van der Waals surface area contributed by atoms with E-state index in [0.717, 1.165) is 41.7 Å². The summed E-state index contributed by atoms with van der Waals surface area (Å²) >= 11 is 0. The van der Waals surface area contributed by atoms with Crippen LogP contribution in [0.2, 0.25) is 0 Å². The summed E-state index contributed by atoms with van der Waals surface area (Å²) in [6, 6.07) is 10.0. The van der Waals surface area contributed by atoms with E-state index < -0.39 is 42.4 Å². The van der Waals surface area contributed by atoms with Crippen LogP contribution in [0.25, 0.3) is 5.57 Å². The number of rotatable bonds is 13. The Balaban J connectivity index is 0.00000260. The summed E-state index contributed by atoms with van der Waals surface area (Å²) < 4.78 is 82.8. The van der Waals surface area contributed by atoms with Crippen molar-refractivity contribution in [1.82, 2.24) is 0 Å². The molecule has 3 rings (SSSR count). The van der Waals surface area contributed by atoms with Gasteiger partial charge in [-0.2, -0.15) is 0 Å². The van der Waals surface area contributed by atoms with Gasteiger partial charge >= 0.3 is 0 Å². The van der Waals surface area contributed by atoms with E-state index in [2.05, 4.69) is 0 Å². The van der Waals surface area contributed by atoms with Crippen molar-refractivity contribution >= 4 is 5.57 Å². The fourth-order valence-corrected chi connectivity index (χ4v) is 5.50. The first kappa shape index (κ1) is 32.8. The van der Waals surface area contributed by atoms with Gasteiger partial charge in [0.2, 0.25) is 0 Å². The minimum absolute atomic E-state index is 0.0575. The summed E-state index contributed by atoms with van der Waals surface area (Å²) in [5.74, 6) is -6.17. The standard InChI is InChI=1S/C30H37F5O2.C2H6/c1-20-10-6-7-11-24(20)25-13-12-22(18-30(34,35)19-36-3)28(21(25)2)29-26(32)16-23(17-27(29)33)37-15-9-5-4-8-14-31;1-2/h6-7,10-11,16-17,22,28H,4-5,8-9,12-15,18-19H2,1-3H3;1-2H3/t22?,28-;/m1./s1. The maximum atomic E-state index is 15.5. The van der Waals surface area contributed by atoms with Crippen LogP contribution in [0, 0.1) is 24.5 Å². The lowest BCUT2D eigenvalue weighted by Gasteiger charge is -2.37. The van der Waals surface area contributed by atoms with Crippen molar-refractivity contribution in [2.45, 2.75) is 84.5 Å². The lowest BCUT2D eigenvalue weighted by Crippen LogP contribution is -2.32. The van der Waals surface area contributed by atoms with E-state index in [1.54, 1.807) is 6.92 Å². The second-order valence-electron chi connectivity index (χ2n) is 10.00. The number of alkyl halides is 3. The maximum absolute atomic E-state index is 15.5. The number of allylic oxidation sites excluding steroid dienone is 2. The van der Waals surface area contributed by atoms with Crippen LogP contribution in [0.3, 0.4) is 0 Å². The Morgan fingerprint density at radius 3 is 2.21 bits per heavy atom. The molecule has 0 bridgehead atoms. The zero-order valence-corrected chi connectivity index (χ0v) is 23.9. The zero-order chi connectivity index (χ0) is 29.0. The highest BCUT2D eigenvalue weighted by Crippen LogP contribution is 2.50. The number of unbranched alkanes of at least 4 members (excludes halogenated alkanes) is 3. The molecule has 0 radical (unpaired) electrons. The lowest BCUT2D eigenvalue weighted by atomic mass is 9.68. The molecule has 0 N–H and O–H groups in total. The van der Waals surface area contributed by atoms with Crippen LogP contribution in [0.1, 0.15) is 88.3 Å². The topological polar surface area (TPSA) is 18.5 Å². The number of aryl methyl sites for hydroxylation is 1. The van der Waals surface area contributed by atoms with Crippen molar-refractivity contribution < 1.29 is 31.4 Å². The van der Waals surface area contributed by atoms with Crippen LogP contribution in [-0.4, -0.2) is 32.9 Å². The first-order valence-corrected chi connectivity index (χ1v) is 14.0. The monoisotopic (exact) mass is 554 g/mol. The molecule has 0 spiro atoms. The first-order chi connectivity index (χ1) is 18.7. The van der Waals surface area contributed by atoms with E-state index >= 15 is 8.78 Å². The SMILES string of the molecule is CC.COCC(F)(F)CC1CCC(c2ccccc2C)=C(C)[C@H]1c1c(F)cc(OCCCCCCF)cc1F. The predicted octanol–water partition coefficient (Wildman–Crippen LogP) is 9.85. The smallest absolute Gasteiger partial charge is 0.271 e. The Hall–Kier alpha value is -2.41. The van der Waals surface area contributed by atoms with Crippen LogP contribution in [-0.2, 0) is 4.74 Å². The second-order valence-corrected chi connectivity index (χ2v) is 10.00. The summed E-state index contributed by atoms with van der Waals surface area (Å²) in [7, 11) is 1.22. The minimum atomic E-state index is -3.11. The molecule has 0 aliphatic heterocycles. The molecule has 1 unspecified atom stereocenters. The molecule has 1 aliphatic rings. The third-order valence-corrected chi connectivity index (χ3v) is 7.23. The van der Waals surface area contributed by atoms with E-state index in [1.807, 2.05) is 45.0 Å². The maximum Gasteiger partial charge on any atom is 0.271 e. The van der Waals surface area contributed by atoms with Crippen molar-refractivity contribution in [1.29, 1.82) is 0 Å². The quantitative estimate of drug-likeness (QED) is 0.181. The van der Waals surface area contributed by atoms with Gasteiger partial charge in [-0.3, -0.25) is 4.39 Å². The van der Waals surface area contributed by atoms with Crippen molar-refractivity contribution in [2.24, 2.45) is 5.92 Å². The Bertz CT molecular complexity index is 1040. The van der Waals surface area contributed by atoms with Crippen LogP contribution in [0.4, 0.5) is 22.0 Å². The molecule has 39 heavy (non-hydrogen) atoms. The third-order valence-electron chi connectivity index (χ3n) is 7.23. The van der Waals surface area contributed by atoms with Gasteiger partial charge in [-0.05, 0) is 68.6 Å². The highest BCUT2D eigenvalue weighted by atomic mass is 19.3. The molecule has 2 aromatic carbocycles. The number of hydrogen-bond donors (Lipinski definition) is 0. The van der Waals surface area contributed by atoms with E-state index in [1.165, 1.54) is 7.11 Å². The fourth-order valence-electron chi connectivity index (χ4n) is 5.50. The molecule has 0 amide bonds. The van der Waals surface area contributed by atoms with Gasteiger partial charge in [0.05, 0.1) is 13.3 Å². The molecular formula is C32H43F5O2. The van der Waals surface area contributed by atoms with Crippen LogP contribution in [0.15, 0.2) is 42.0 Å². The van der Waals surface area contributed by atoms with Crippen molar-refractivity contribution in [3.05, 3.63) is 70.3 Å². The third kappa shape index (κ3) is 9.06. The molecule has 2 aromatic rings. The lowest BCUT2D eigenvalue weighted by molar-refractivity contribution is -0.0824. The van der Waals surface area contributed by atoms with Gasteiger partial charge in [-0.1, -0.05) is 50.1 Å². The van der Waals surface area contributed by atoms with Crippen LogP contribution < -0.4 is 4.74 Å². The number of halogens is 5. The number of methoxy groups -OCH3 is 1. The van der Waals surface area contributed by atoms with Crippen molar-refractivity contribution in [3.63, 3.8) is 0 Å². The first-order valence-electron chi connectivity index (χ1n) is 14.0. The summed E-state index contributed by atoms with van der Waals surface area (Å²) in [6.45, 7) is 6.92. The molecule has 1 aliphatic carbocycles. The second kappa shape index (κ2) is 16.0.